The first-order valence-electron chi connectivity index (χ1n) is 9.30. The number of benzene rings is 3. The zero-order chi connectivity index (χ0) is 22.1. The fourth-order valence-corrected chi connectivity index (χ4v) is 5.84. The third kappa shape index (κ3) is 4.08. The van der Waals surface area contributed by atoms with Crippen molar-refractivity contribution in [1.82, 2.24) is 0 Å². The van der Waals surface area contributed by atoms with Crippen molar-refractivity contribution in [3.63, 3.8) is 0 Å². The summed E-state index contributed by atoms with van der Waals surface area (Å²) in [6, 6.07) is 18.2. The van der Waals surface area contributed by atoms with Crippen LogP contribution in [-0.2, 0) is 19.7 Å². The third-order valence-electron chi connectivity index (χ3n) is 4.96. The molecular weight excluding hydrogens is 420 g/mol. The van der Waals surface area contributed by atoms with Crippen LogP contribution in [0.25, 0.3) is 0 Å². The largest absolute Gasteiger partial charge is 0.293 e. The minimum Gasteiger partial charge on any atom is -0.293 e. The van der Waals surface area contributed by atoms with Gasteiger partial charge in [-0.15, -0.1) is 0 Å². The van der Waals surface area contributed by atoms with Crippen LogP contribution in [0, 0.1) is 13.8 Å². The molecule has 0 fully saturated rings. The topological polar surface area (TPSA) is 85.3 Å². The summed E-state index contributed by atoms with van der Waals surface area (Å²) in [5.74, 6) is -0.762. The van der Waals surface area contributed by atoms with E-state index < -0.39 is 30.7 Å². The van der Waals surface area contributed by atoms with Crippen LogP contribution in [0.2, 0.25) is 0 Å². The number of rotatable bonds is 6. The van der Waals surface area contributed by atoms with Gasteiger partial charge in [0, 0.05) is 5.56 Å². The van der Waals surface area contributed by atoms with Gasteiger partial charge in [-0.3, -0.25) is 4.79 Å². The Hall–Kier alpha value is -2.77. The Morgan fingerprint density at radius 1 is 0.700 bits per heavy atom. The number of hydrogen-bond donors (Lipinski definition) is 0. The van der Waals surface area contributed by atoms with Crippen LogP contribution in [0.15, 0.2) is 87.5 Å². The first-order chi connectivity index (χ1) is 14.0. The van der Waals surface area contributed by atoms with E-state index in [1.807, 2.05) is 13.8 Å². The van der Waals surface area contributed by atoms with Crippen LogP contribution < -0.4 is 0 Å². The van der Waals surface area contributed by atoms with Gasteiger partial charge in [0.25, 0.3) is 0 Å². The number of Topliss-reactive ketones (excluding diaryl/α,β-unsaturated/α-hetero) is 1. The van der Waals surface area contributed by atoms with Gasteiger partial charge in [0.1, 0.15) is 5.25 Å². The van der Waals surface area contributed by atoms with Crippen LogP contribution in [0.4, 0.5) is 0 Å². The lowest BCUT2D eigenvalue weighted by Gasteiger charge is -2.15. The summed E-state index contributed by atoms with van der Waals surface area (Å²) in [5.41, 5.74) is 1.65. The Kier molecular flexibility index (Phi) is 5.97. The second kappa shape index (κ2) is 8.16. The van der Waals surface area contributed by atoms with Gasteiger partial charge in [-0.05, 0) is 51.1 Å². The lowest BCUT2D eigenvalue weighted by molar-refractivity contribution is 0.0988. The highest BCUT2D eigenvalue weighted by Crippen LogP contribution is 2.27. The Bertz CT molecular complexity index is 1290. The molecule has 0 N–H and O–H groups in total. The standard InChI is InChI=1S/C23H22O5S2/c1-16-8-12-19(13-9-16)29(25,26)18(3)23(24)21-6-4-5-7-22(21)30(27,28)20-14-10-17(2)11-15-20/h4-15,18H,1-3H3. The van der Waals surface area contributed by atoms with Gasteiger partial charge >= 0.3 is 0 Å². The van der Waals surface area contributed by atoms with E-state index in [2.05, 4.69) is 0 Å². The molecule has 3 rings (SSSR count). The molecular formula is C23H22O5S2. The van der Waals surface area contributed by atoms with Crippen molar-refractivity contribution in [1.29, 1.82) is 0 Å². The molecule has 0 saturated heterocycles. The highest BCUT2D eigenvalue weighted by Gasteiger charge is 2.34. The molecule has 0 amide bonds. The van der Waals surface area contributed by atoms with Gasteiger partial charge in [0.2, 0.25) is 9.84 Å². The molecule has 0 spiro atoms. The average Bonchev–Trinajstić information content (AvgIpc) is 2.73. The molecule has 30 heavy (non-hydrogen) atoms. The Morgan fingerprint density at radius 3 is 1.70 bits per heavy atom. The minimum absolute atomic E-state index is 0.0211. The minimum atomic E-state index is -4.00. The Labute approximate surface area is 177 Å². The fourth-order valence-electron chi connectivity index (χ4n) is 3.04. The molecule has 156 valence electrons. The number of sulfone groups is 2. The smallest absolute Gasteiger partial charge is 0.207 e. The van der Waals surface area contributed by atoms with E-state index in [-0.39, 0.29) is 20.2 Å². The zero-order valence-corrected chi connectivity index (χ0v) is 18.5. The van der Waals surface area contributed by atoms with Gasteiger partial charge in [0.05, 0.1) is 14.7 Å². The van der Waals surface area contributed by atoms with Crippen LogP contribution >= 0.6 is 0 Å². The number of aryl methyl sites for hydroxylation is 2. The molecule has 0 radical (unpaired) electrons. The van der Waals surface area contributed by atoms with E-state index in [1.54, 1.807) is 24.3 Å². The molecule has 1 unspecified atom stereocenters. The summed E-state index contributed by atoms with van der Waals surface area (Å²) in [6.45, 7) is 4.95. The molecule has 5 nitrogen and oxygen atoms in total. The first kappa shape index (κ1) is 21.9. The van der Waals surface area contributed by atoms with Gasteiger partial charge in [0.15, 0.2) is 15.6 Å². The van der Waals surface area contributed by atoms with Crippen molar-refractivity contribution in [3.05, 3.63) is 89.5 Å². The zero-order valence-electron chi connectivity index (χ0n) is 16.9. The average molecular weight is 443 g/mol. The molecule has 0 saturated carbocycles. The third-order valence-corrected chi connectivity index (χ3v) is 8.86. The van der Waals surface area contributed by atoms with E-state index in [1.165, 1.54) is 55.5 Å². The number of hydrogen-bond acceptors (Lipinski definition) is 5. The summed E-state index contributed by atoms with van der Waals surface area (Å²) in [6.07, 6.45) is 0. The van der Waals surface area contributed by atoms with E-state index in [0.29, 0.717) is 0 Å². The quantitative estimate of drug-likeness (QED) is 0.535. The SMILES string of the molecule is Cc1ccc(S(=O)(=O)c2ccccc2C(=O)C(C)S(=O)(=O)c2ccc(C)cc2)cc1. The molecule has 0 aromatic heterocycles. The van der Waals surface area contributed by atoms with E-state index in [0.717, 1.165) is 11.1 Å². The summed E-state index contributed by atoms with van der Waals surface area (Å²) in [4.78, 5) is 13.0. The Morgan fingerprint density at radius 2 is 1.17 bits per heavy atom. The molecule has 0 heterocycles. The van der Waals surface area contributed by atoms with Gasteiger partial charge < -0.3 is 0 Å². The van der Waals surface area contributed by atoms with Crippen molar-refractivity contribution < 1.29 is 21.6 Å². The molecule has 3 aromatic carbocycles. The second-order valence-corrected chi connectivity index (χ2v) is 11.4. The highest BCUT2D eigenvalue weighted by molar-refractivity contribution is 7.93. The maximum atomic E-state index is 13.1. The fraction of sp³-hybridized carbons (Fsp3) is 0.174. The maximum Gasteiger partial charge on any atom is 0.207 e. The lowest BCUT2D eigenvalue weighted by atomic mass is 10.1. The predicted molar refractivity (Wildman–Crippen MR) is 115 cm³/mol. The van der Waals surface area contributed by atoms with Crippen molar-refractivity contribution >= 4 is 25.5 Å². The monoisotopic (exact) mass is 442 g/mol. The highest BCUT2D eigenvalue weighted by atomic mass is 32.2. The number of carbonyl (C=O) groups is 1. The van der Waals surface area contributed by atoms with Crippen LogP contribution in [0.1, 0.15) is 28.4 Å². The van der Waals surface area contributed by atoms with Gasteiger partial charge in [-0.25, -0.2) is 16.8 Å². The molecule has 0 aliphatic rings. The predicted octanol–water partition coefficient (Wildman–Crippen LogP) is 4.18. The van der Waals surface area contributed by atoms with E-state index >= 15 is 0 Å². The number of carbonyl (C=O) groups excluding carboxylic acids is 1. The maximum absolute atomic E-state index is 13.1. The molecule has 0 aliphatic carbocycles. The van der Waals surface area contributed by atoms with Crippen molar-refractivity contribution in [2.75, 3.05) is 0 Å². The normalized spacial score (nSPS) is 13.0. The first-order valence-corrected chi connectivity index (χ1v) is 12.3. The van der Waals surface area contributed by atoms with Crippen LogP contribution in [-0.4, -0.2) is 27.9 Å². The molecule has 0 bridgehead atoms. The van der Waals surface area contributed by atoms with Gasteiger partial charge in [-0.1, -0.05) is 53.6 Å². The summed E-state index contributed by atoms with van der Waals surface area (Å²) in [5, 5.41) is -1.44. The van der Waals surface area contributed by atoms with E-state index in [4.69, 9.17) is 0 Å². The number of ketones is 1. The van der Waals surface area contributed by atoms with Gasteiger partial charge in [-0.2, -0.15) is 0 Å². The van der Waals surface area contributed by atoms with E-state index in [9.17, 15) is 21.6 Å². The lowest BCUT2D eigenvalue weighted by Crippen LogP contribution is -2.28. The van der Waals surface area contributed by atoms with Crippen molar-refractivity contribution in [3.8, 4) is 0 Å². The Balaban J connectivity index is 2.06. The second-order valence-electron chi connectivity index (χ2n) is 7.18. The summed E-state index contributed by atoms with van der Waals surface area (Å²) < 4.78 is 52.2. The molecule has 1 atom stereocenters. The molecule has 3 aromatic rings. The summed E-state index contributed by atoms with van der Waals surface area (Å²) >= 11 is 0. The van der Waals surface area contributed by atoms with Crippen LogP contribution in [0.3, 0.4) is 0 Å². The van der Waals surface area contributed by atoms with Crippen molar-refractivity contribution in [2.24, 2.45) is 0 Å². The molecule has 0 aliphatic heterocycles. The summed E-state index contributed by atoms with van der Waals surface area (Å²) in [7, 11) is -7.98. The van der Waals surface area contributed by atoms with Crippen molar-refractivity contribution in [2.45, 2.75) is 40.7 Å². The molecule has 7 heteroatoms. The van der Waals surface area contributed by atoms with Crippen LogP contribution in [0.5, 0.6) is 0 Å².